The summed E-state index contributed by atoms with van der Waals surface area (Å²) in [6.07, 6.45) is 2.06. The van der Waals surface area contributed by atoms with E-state index in [2.05, 4.69) is 5.32 Å². The molecule has 1 saturated carbocycles. The molecule has 0 aliphatic heterocycles. The van der Waals surface area contributed by atoms with Crippen molar-refractivity contribution in [2.75, 3.05) is 26.3 Å². The van der Waals surface area contributed by atoms with Crippen LogP contribution in [0.25, 0.3) is 11.1 Å². The number of carbonyl (C=O) groups is 3. The lowest BCUT2D eigenvalue weighted by Gasteiger charge is -2.30. The molecule has 4 rings (SSSR count). The predicted octanol–water partition coefficient (Wildman–Crippen LogP) is 4.20. The molecule has 3 aromatic carbocycles. The minimum atomic E-state index is -1.11. The summed E-state index contributed by atoms with van der Waals surface area (Å²) in [5.41, 5.74) is 2.97. The molecule has 0 unspecified atom stereocenters. The van der Waals surface area contributed by atoms with Crippen LogP contribution in [0, 0.1) is 11.8 Å². The minimum absolute atomic E-state index is 0.127. The van der Waals surface area contributed by atoms with Crippen LogP contribution in [-0.4, -0.2) is 50.3 Å². The van der Waals surface area contributed by atoms with Crippen molar-refractivity contribution >= 4 is 23.5 Å². The summed E-state index contributed by atoms with van der Waals surface area (Å²) in [7, 11) is 4.74. The molecule has 0 radical (unpaired) electrons. The van der Waals surface area contributed by atoms with Crippen molar-refractivity contribution in [2.24, 2.45) is 17.7 Å². The molecular formula is C32H37N3O7. The second-order valence-electron chi connectivity index (χ2n) is 10.3. The molecule has 0 spiro atoms. The number of nitrogens with zero attached hydrogens (tertiary/aromatic N) is 1. The third-order valence-electron chi connectivity index (χ3n) is 7.76. The molecule has 0 saturated heterocycles. The number of methoxy groups -OCH3 is 3. The van der Waals surface area contributed by atoms with Crippen molar-refractivity contribution in [2.45, 2.75) is 38.1 Å². The summed E-state index contributed by atoms with van der Waals surface area (Å²) in [4.78, 5) is 38.1. The Hall–Kier alpha value is -4.57. The van der Waals surface area contributed by atoms with E-state index >= 15 is 0 Å². The van der Waals surface area contributed by atoms with Crippen LogP contribution in [0.4, 0.5) is 5.69 Å². The first kappa shape index (κ1) is 30.4. The highest BCUT2D eigenvalue weighted by Crippen LogP contribution is 2.38. The summed E-state index contributed by atoms with van der Waals surface area (Å²) >= 11 is 0. The predicted molar refractivity (Wildman–Crippen MR) is 158 cm³/mol. The Morgan fingerprint density at radius 1 is 0.857 bits per heavy atom. The number of nitrogens with two attached hydrogens (primary N) is 1. The SMILES string of the molecule is COc1ccc(N(N)C(=O)C2CCC(C(=O)N[C@@H](Cc3ccc(-c4c(OC)cccc4OC)cc3)C(=O)O)CC2)cc1. The van der Waals surface area contributed by atoms with Crippen LogP contribution < -0.4 is 30.4 Å². The van der Waals surface area contributed by atoms with Gasteiger partial charge in [-0.05, 0) is 73.2 Å². The van der Waals surface area contributed by atoms with Crippen molar-refractivity contribution in [1.82, 2.24) is 5.32 Å². The number of hydrogen-bond donors (Lipinski definition) is 3. The summed E-state index contributed by atoms with van der Waals surface area (Å²) in [5, 5.41) is 13.7. The van der Waals surface area contributed by atoms with E-state index in [1.54, 1.807) is 45.6 Å². The van der Waals surface area contributed by atoms with Gasteiger partial charge in [0.25, 0.3) is 0 Å². The largest absolute Gasteiger partial charge is 0.497 e. The molecule has 1 aliphatic rings. The lowest BCUT2D eigenvalue weighted by molar-refractivity contribution is -0.142. The first-order chi connectivity index (χ1) is 20.2. The third-order valence-corrected chi connectivity index (χ3v) is 7.76. The number of nitrogens with one attached hydrogen (secondary N) is 1. The molecule has 0 heterocycles. The Balaban J connectivity index is 1.34. The second kappa shape index (κ2) is 13.9. The molecule has 3 aromatic rings. The number of carboxylic acid groups (broad SMARTS) is 1. The zero-order valence-corrected chi connectivity index (χ0v) is 24.0. The molecule has 10 heteroatoms. The molecule has 1 atom stereocenters. The number of hydrogen-bond acceptors (Lipinski definition) is 7. The van der Waals surface area contributed by atoms with Gasteiger partial charge in [0.15, 0.2) is 0 Å². The zero-order chi connectivity index (χ0) is 30.2. The maximum atomic E-state index is 13.0. The Labute approximate surface area is 245 Å². The van der Waals surface area contributed by atoms with E-state index < -0.39 is 12.0 Å². The van der Waals surface area contributed by atoms with E-state index in [0.717, 1.165) is 21.7 Å². The van der Waals surface area contributed by atoms with E-state index in [1.807, 2.05) is 42.5 Å². The highest BCUT2D eigenvalue weighted by molar-refractivity contribution is 5.94. The highest BCUT2D eigenvalue weighted by Gasteiger charge is 2.33. The van der Waals surface area contributed by atoms with Gasteiger partial charge in [-0.15, -0.1) is 0 Å². The molecule has 4 N–H and O–H groups in total. The number of anilines is 1. The van der Waals surface area contributed by atoms with Crippen molar-refractivity contribution in [3.05, 3.63) is 72.3 Å². The van der Waals surface area contributed by atoms with E-state index in [4.69, 9.17) is 20.1 Å². The molecular weight excluding hydrogens is 538 g/mol. The van der Waals surface area contributed by atoms with Crippen molar-refractivity contribution in [1.29, 1.82) is 0 Å². The molecule has 42 heavy (non-hydrogen) atoms. The number of amides is 2. The van der Waals surface area contributed by atoms with E-state index in [0.29, 0.717) is 48.6 Å². The van der Waals surface area contributed by atoms with Crippen molar-refractivity contribution in [3.63, 3.8) is 0 Å². The number of rotatable bonds is 11. The quantitative estimate of drug-likeness (QED) is 0.176. The first-order valence-corrected chi connectivity index (χ1v) is 13.8. The zero-order valence-electron chi connectivity index (χ0n) is 24.0. The van der Waals surface area contributed by atoms with Crippen molar-refractivity contribution in [3.8, 4) is 28.4 Å². The second-order valence-corrected chi connectivity index (χ2v) is 10.3. The molecule has 0 aromatic heterocycles. The summed E-state index contributed by atoms with van der Waals surface area (Å²) < 4.78 is 16.1. The van der Waals surface area contributed by atoms with Gasteiger partial charge in [0.2, 0.25) is 11.8 Å². The highest BCUT2D eigenvalue weighted by atomic mass is 16.5. The maximum absolute atomic E-state index is 13.0. The fraction of sp³-hybridized carbons (Fsp3) is 0.344. The Bertz CT molecular complexity index is 1360. The van der Waals surface area contributed by atoms with Gasteiger partial charge < -0.3 is 24.6 Å². The van der Waals surface area contributed by atoms with E-state index in [9.17, 15) is 19.5 Å². The van der Waals surface area contributed by atoms with Crippen LogP contribution in [0.1, 0.15) is 31.2 Å². The van der Waals surface area contributed by atoms with Gasteiger partial charge in [-0.1, -0.05) is 30.3 Å². The Morgan fingerprint density at radius 2 is 1.43 bits per heavy atom. The summed E-state index contributed by atoms with van der Waals surface area (Å²) in [5.74, 6) is 5.75. The van der Waals surface area contributed by atoms with Gasteiger partial charge in [0, 0.05) is 18.3 Å². The van der Waals surface area contributed by atoms with Gasteiger partial charge in [-0.3, -0.25) is 9.59 Å². The summed E-state index contributed by atoms with van der Waals surface area (Å²) in [6.45, 7) is 0. The molecule has 1 aliphatic carbocycles. The van der Waals surface area contributed by atoms with Gasteiger partial charge >= 0.3 is 5.97 Å². The fourth-order valence-corrected chi connectivity index (χ4v) is 5.34. The maximum Gasteiger partial charge on any atom is 0.326 e. The van der Waals surface area contributed by atoms with Crippen LogP contribution in [-0.2, 0) is 20.8 Å². The van der Waals surface area contributed by atoms with Gasteiger partial charge in [-0.25, -0.2) is 15.6 Å². The van der Waals surface area contributed by atoms with Crippen molar-refractivity contribution < 1.29 is 33.7 Å². The van der Waals surface area contributed by atoms with Crippen LogP contribution >= 0.6 is 0 Å². The Kier molecular flexibility index (Phi) is 10.0. The minimum Gasteiger partial charge on any atom is -0.497 e. The first-order valence-electron chi connectivity index (χ1n) is 13.8. The molecule has 222 valence electrons. The van der Waals surface area contributed by atoms with E-state index in [1.165, 1.54) is 0 Å². The summed E-state index contributed by atoms with van der Waals surface area (Å²) in [6, 6.07) is 18.8. The topological polar surface area (TPSA) is 140 Å². The molecule has 10 nitrogen and oxygen atoms in total. The monoisotopic (exact) mass is 575 g/mol. The van der Waals surface area contributed by atoms with Gasteiger partial charge in [0.05, 0.1) is 32.6 Å². The standard InChI is InChI=1S/C32H37N3O7/c1-40-25-17-15-24(16-18-25)35(33)31(37)23-13-11-22(12-14-23)30(36)34-26(32(38)39)19-20-7-9-21(10-8-20)29-27(41-2)5-4-6-28(29)42-3/h4-10,15-18,22-23,26H,11-14,19,33H2,1-3H3,(H,34,36)(H,38,39)/t22?,23?,26-/m0/s1. The number of benzene rings is 3. The average molecular weight is 576 g/mol. The van der Waals surface area contributed by atoms with Gasteiger partial charge in [-0.2, -0.15) is 0 Å². The molecule has 0 bridgehead atoms. The molecule has 1 fully saturated rings. The normalized spacial score (nSPS) is 17.0. The number of carboxylic acids is 1. The van der Waals surface area contributed by atoms with E-state index in [-0.39, 0.29) is 30.1 Å². The number of aliphatic carboxylic acids is 1. The van der Waals surface area contributed by atoms with Crippen LogP contribution in [0.5, 0.6) is 17.2 Å². The van der Waals surface area contributed by atoms with Crippen LogP contribution in [0.2, 0.25) is 0 Å². The van der Waals surface area contributed by atoms with Gasteiger partial charge in [0.1, 0.15) is 23.3 Å². The lowest BCUT2D eigenvalue weighted by atomic mass is 9.81. The number of carbonyl (C=O) groups excluding carboxylic acids is 2. The number of ether oxygens (including phenoxy) is 3. The van der Waals surface area contributed by atoms with Crippen LogP contribution in [0.15, 0.2) is 66.7 Å². The molecule has 2 amide bonds. The number of hydrazine groups is 1. The fourth-order valence-electron chi connectivity index (χ4n) is 5.34. The lowest BCUT2D eigenvalue weighted by Crippen LogP contribution is -2.47. The Morgan fingerprint density at radius 3 is 1.95 bits per heavy atom. The smallest absolute Gasteiger partial charge is 0.326 e. The third kappa shape index (κ3) is 7.01. The van der Waals surface area contributed by atoms with Crippen LogP contribution in [0.3, 0.4) is 0 Å². The average Bonchev–Trinajstić information content (AvgIpc) is 3.03.